The van der Waals surface area contributed by atoms with Crippen LogP contribution in [0.4, 0.5) is 13.9 Å². The molecule has 3 aromatic heterocycles. The molecule has 1 aliphatic heterocycles. The number of alkyl halides is 2. The van der Waals surface area contributed by atoms with Gasteiger partial charge in [-0.3, -0.25) is 9.69 Å². The standard InChI is InChI=1S/C17H19F2N7OS/c1-10(27)23-17-20-6-12(28-17)8-25-4-2-3-11(7-25)14-5-13(15(18)19)24-16-21-9-22-26(14)16/h5-6,9,11,15H,2-4,7-8H2,1H3,(H,20,23,27). The summed E-state index contributed by atoms with van der Waals surface area (Å²) >= 11 is 1.44. The van der Waals surface area contributed by atoms with Crippen molar-refractivity contribution in [3.8, 4) is 0 Å². The molecule has 1 amide bonds. The molecular weight excluding hydrogens is 388 g/mol. The zero-order valence-corrected chi connectivity index (χ0v) is 16.0. The van der Waals surface area contributed by atoms with Crippen LogP contribution in [0.1, 0.15) is 48.4 Å². The molecule has 3 aromatic rings. The van der Waals surface area contributed by atoms with Gasteiger partial charge in [0.1, 0.15) is 12.0 Å². The first-order valence-electron chi connectivity index (χ1n) is 8.93. The lowest BCUT2D eigenvalue weighted by molar-refractivity contribution is -0.114. The lowest BCUT2D eigenvalue weighted by atomic mass is 9.94. The van der Waals surface area contributed by atoms with Crippen LogP contribution in [0.25, 0.3) is 5.78 Å². The van der Waals surface area contributed by atoms with Crippen LogP contribution in [0.3, 0.4) is 0 Å². The smallest absolute Gasteiger partial charge is 0.280 e. The van der Waals surface area contributed by atoms with Gasteiger partial charge in [0.05, 0.1) is 5.69 Å². The highest BCUT2D eigenvalue weighted by Crippen LogP contribution is 2.30. The Kier molecular flexibility index (Phi) is 5.27. The van der Waals surface area contributed by atoms with E-state index in [-0.39, 0.29) is 23.3 Å². The minimum atomic E-state index is -2.65. The van der Waals surface area contributed by atoms with Crippen molar-refractivity contribution in [3.05, 3.63) is 34.9 Å². The first-order valence-corrected chi connectivity index (χ1v) is 9.74. The number of likely N-dealkylation sites (tertiary alicyclic amines) is 1. The number of amides is 1. The molecule has 1 unspecified atom stereocenters. The van der Waals surface area contributed by atoms with Crippen LogP contribution in [0, 0.1) is 0 Å². The zero-order chi connectivity index (χ0) is 19.7. The number of hydrogen-bond acceptors (Lipinski definition) is 7. The predicted molar refractivity (Wildman–Crippen MR) is 99.4 cm³/mol. The molecule has 1 atom stereocenters. The number of aromatic nitrogens is 5. The van der Waals surface area contributed by atoms with E-state index in [2.05, 4.69) is 30.3 Å². The maximum atomic E-state index is 13.2. The summed E-state index contributed by atoms with van der Waals surface area (Å²) in [6.45, 7) is 3.77. The third-order valence-electron chi connectivity index (χ3n) is 4.66. The number of piperidine rings is 1. The number of anilines is 1. The maximum Gasteiger partial charge on any atom is 0.280 e. The van der Waals surface area contributed by atoms with Gasteiger partial charge in [-0.15, -0.1) is 11.3 Å². The summed E-state index contributed by atoms with van der Waals surface area (Å²) in [6.07, 6.45) is 2.28. The summed E-state index contributed by atoms with van der Waals surface area (Å²) in [5.41, 5.74) is 0.445. The number of hydrogen-bond donors (Lipinski definition) is 1. The monoisotopic (exact) mass is 407 g/mol. The summed E-state index contributed by atoms with van der Waals surface area (Å²) in [6, 6.07) is 1.45. The van der Waals surface area contributed by atoms with Crippen LogP contribution in [0.15, 0.2) is 18.6 Å². The van der Waals surface area contributed by atoms with Gasteiger partial charge in [-0.1, -0.05) is 0 Å². The Hall–Kier alpha value is -2.53. The molecule has 148 valence electrons. The van der Waals surface area contributed by atoms with Gasteiger partial charge in [0.2, 0.25) is 5.91 Å². The fraction of sp³-hybridized carbons (Fsp3) is 0.471. The molecule has 0 spiro atoms. The molecule has 0 bridgehead atoms. The van der Waals surface area contributed by atoms with Gasteiger partial charge >= 0.3 is 0 Å². The number of nitrogens with one attached hydrogen (secondary N) is 1. The van der Waals surface area contributed by atoms with Gasteiger partial charge in [0, 0.05) is 37.0 Å². The van der Waals surface area contributed by atoms with Crippen molar-refractivity contribution < 1.29 is 13.6 Å². The lowest BCUT2D eigenvalue weighted by Crippen LogP contribution is -2.34. The summed E-state index contributed by atoms with van der Waals surface area (Å²) in [7, 11) is 0. The van der Waals surface area contributed by atoms with Crippen molar-refractivity contribution in [1.82, 2.24) is 29.5 Å². The van der Waals surface area contributed by atoms with E-state index in [1.54, 1.807) is 10.7 Å². The second kappa shape index (κ2) is 7.84. The summed E-state index contributed by atoms with van der Waals surface area (Å²) in [5, 5.41) is 7.43. The topological polar surface area (TPSA) is 88.3 Å². The van der Waals surface area contributed by atoms with Crippen molar-refractivity contribution in [1.29, 1.82) is 0 Å². The fourth-order valence-electron chi connectivity index (χ4n) is 3.51. The SMILES string of the molecule is CC(=O)Nc1ncc(CN2CCCC(c3cc(C(F)F)nc4ncnn34)C2)s1. The Bertz CT molecular complexity index is 989. The average Bonchev–Trinajstić information content (AvgIpc) is 3.29. The predicted octanol–water partition coefficient (Wildman–Crippen LogP) is 2.86. The van der Waals surface area contributed by atoms with Gasteiger partial charge in [0.25, 0.3) is 12.2 Å². The molecule has 4 heterocycles. The normalized spacial score (nSPS) is 18.1. The van der Waals surface area contributed by atoms with E-state index in [4.69, 9.17) is 0 Å². The molecular formula is C17H19F2N7OS. The Morgan fingerprint density at radius 3 is 3.07 bits per heavy atom. The van der Waals surface area contributed by atoms with Crippen molar-refractivity contribution in [3.63, 3.8) is 0 Å². The van der Waals surface area contributed by atoms with Crippen molar-refractivity contribution in [2.45, 2.75) is 38.7 Å². The molecule has 1 aliphatic rings. The molecule has 1 fully saturated rings. The van der Waals surface area contributed by atoms with Gasteiger partial charge in [0.15, 0.2) is 5.13 Å². The van der Waals surface area contributed by atoms with Gasteiger partial charge in [-0.2, -0.15) is 10.1 Å². The Morgan fingerprint density at radius 2 is 2.29 bits per heavy atom. The highest BCUT2D eigenvalue weighted by Gasteiger charge is 2.26. The largest absolute Gasteiger partial charge is 0.302 e. The molecule has 0 radical (unpaired) electrons. The van der Waals surface area contributed by atoms with E-state index < -0.39 is 6.43 Å². The van der Waals surface area contributed by atoms with Crippen LogP contribution < -0.4 is 5.32 Å². The van der Waals surface area contributed by atoms with E-state index >= 15 is 0 Å². The van der Waals surface area contributed by atoms with Gasteiger partial charge in [-0.05, 0) is 25.5 Å². The van der Waals surface area contributed by atoms with Crippen molar-refractivity contribution in [2.24, 2.45) is 0 Å². The second-order valence-corrected chi connectivity index (χ2v) is 7.88. The quantitative estimate of drug-likeness (QED) is 0.700. The summed E-state index contributed by atoms with van der Waals surface area (Å²) in [5.74, 6) is 0.108. The number of thiazole rings is 1. The number of carbonyl (C=O) groups is 1. The minimum Gasteiger partial charge on any atom is -0.302 e. The molecule has 1 N–H and O–H groups in total. The Labute approximate surface area is 163 Å². The molecule has 1 saturated heterocycles. The van der Waals surface area contributed by atoms with E-state index in [1.165, 1.54) is 30.7 Å². The van der Waals surface area contributed by atoms with E-state index in [1.807, 2.05) is 0 Å². The fourth-order valence-corrected chi connectivity index (χ4v) is 4.41. The number of carbonyl (C=O) groups excluding carboxylic acids is 1. The second-order valence-electron chi connectivity index (χ2n) is 6.77. The number of nitrogens with zero attached hydrogens (tertiary/aromatic N) is 6. The number of rotatable bonds is 5. The zero-order valence-electron chi connectivity index (χ0n) is 15.2. The minimum absolute atomic E-state index is 0.0567. The molecule has 8 nitrogen and oxygen atoms in total. The Balaban J connectivity index is 1.52. The van der Waals surface area contributed by atoms with Crippen LogP contribution in [0.2, 0.25) is 0 Å². The van der Waals surface area contributed by atoms with Crippen molar-refractivity contribution >= 4 is 28.2 Å². The summed E-state index contributed by atoms with van der Waals surface area (Å²) in [4.78, 5) is 26.5. The summed E-state index contributed by atoms with van der Waals surface area (Å²) < 4.78 is 28.0. The first-order chi connectivity index (χ1) is 13.5. The third kappa shape index (κ3) is 3.99. The molecule has 11 heteroatoms. The highest BCUT2D eigenvalue weighted by molar-refractivity contribution is 7.15. The maximum absolute atomic E-state index is 13.2. The van der Waals surface area contributed by atoms with Crippen LogP contribution in [0.5, 0.6) is 0 Å². The molecule has 0 saturated carbocycles. The van der Waals surface area contributed by atoms with Crippen LogP contribution in [-0.2, 0) is 11.3 Å². The average molecular weight is 407 g/mol. The molecule has 0 aromatic carbocycles. The van der Waals surface area contributed by atoms with Crippen LogP contribution >= 0.6 is 11.3 Å². The first kappa shape index (κ1) is 18.8. The van der Waals surface area contributed by atoms with Crippen molar-refractivity contribution in [2.75, 3.05) is 18.4 Å². The molecule has 4 rings (SSSR count). The van der Waals surface area contributed by atoms with Gasteiger partial charge in [-0.25, -0.2) is 23.3 Å². The lowest BCUT2D eigenvalue weighted by Gasteiger charge is -2.32. The molecule has 0 aliphatic carbocycles. The molecule has 28 heavy (non-hydrogen) atoms. The van der Waals surface area contributed by atoms with E-state index in [0.29, 0.717) is 17.4 Å². The van der Waals surface area contributed by atoms with E-state index in [9.17, 15) is 13.6 Å². The number of fused-ring (bicyclic) bond motifs is 1. The highest BCUT2D eigenvalue weighted by atomic mass is 32.1. The van der Waals surface area contributed by atoms with E-state index in [0.717, 1.165) is 30.8 Å². The van der Waals surface area contributed by atoms with Gasteiger partial charge < -0.3 is 5.32 Å². The Morgan fingerprint density at radius 1 is 1.43 bits per heavy atom. The number of halogens is 2. The van der Waals surface area contributed by atoms with Crippen LogP contribution in [-0.4, -0.2) is 48.5 Å². The third-order valence-corrected chi connectivity index (χ3v) is 5.56.